The van der Waals surface area contributed by atoms with Gasteiger partial charge in [-0.25, -0.2) is 4.79 Å². The Balaban J connectivity index is 1.74. The minimum atomic E-state index is -0.536. The summed E-state index contributed by atoms with van der Waals surface area (Å²) in [5.41, 5.74) is 1.48. The summed E-state index contributed by atoms with van der Waals surface area (Å²) in [6.45, 7) is 7.03. The molecule has 1 aromatic heterocycles. The van der Waals surface area contributed by atoms with Crippen molar-refractivity contribution in [1.82, 2.24) is 4.90 Å². The molecule has 3 rings (SSSR count). The summed E-state index contributed by atoms with van der Waals surface area (Å²) in [5, 5.41) is 0. The van der Waals surface area contributed by atoms with E-state index in [1.54, 1.807) is 31.6 Å². The maximum absolute atomic E-state index is 12.6. The molecule has 0 aliphatic carbocycles. The Labute approximate surface area is 177 Å². The summed E-state index contributed by atoms with van der Waals surface area (Å²) >= 11 is 0. The molecule has 1 aromatic carbocycles. The molecule has 0 radical (unpaired) electrons. The van der Waals surface area contributed by atoms with Gasteiger partial charge in [0.2, 0.25) is 0 Å². The average molecular weight is 418 g/mol. The summed E-state index contributed by atoms with van der Waals surface area (Å²) in [4.78, 5) is 14.3. The van der Waals surface area contributed by atoms with E-state index in [4.69, 9.17) is 23.4 Å². The number of methoxy groups -OCH3 is 2. The molecule has 30 heavy (non-hydrogen) atoms. The number of carbonyl (C=O) groups excluding carboxylic acids is 1. The standard InChI is InChI=1S/C23H31NO6/c1-23(2,3)30-22(25)24-8-6-20(17-7-9-28-15-17)21(13-24)29-14-16-10-18(26-4)12-19(11-16)27-5/h7,9-12,15,20-21H,6,8,13-14H2,1-5H3/t20-,21+/m1/s1. The maximum atomic E-state index is 12.6. The number of benzene rings is 1. The minimum Gasteiger partial charge on any atom is -0.497 e. The van der Waals surface area contributed by atoms with Crippen molar-refractivity contribution in [3.05, 3.63) is 47.9 Å². The van der Waals surface area contributed by atoms with Gasteiger partial charge in [-0.1, -0.05) is 0 Å². The van der Waals surface area contributed by atoms with Crippen LogP contribution in [-0.2, 0) is 16.1 Å². The number of hydrogen-bond donors (Lipinski definition) is 0. The van der Waals surface area contributed by atoms with Crippen molar-refractivity contribution in [1.29, 1.82) is 0 Å². The minimum absolute atomic E-state index is 0.134. The number of rotatable bonds is 6. The average Bonchev–Trinajstić information content (AvgIpc) is 3.25. The highest BCUT2D eigenvalue weighted by molar-refractivity contribution is 5.68. The Morgan fingerprint density at radius 1 is 1.17 bits per heavy atom. The van der Waals surface area contributed by atoms with Crippen molar-refractivity contribution < 1.29 is 28.2 Å². The number of nitrogens with zero attached hydrogens (tertiary/aromatic N) is 1. The second-order valence-corrected chi connectivity index (χ2v) is 8.45. The highest BCUT2D eigenvalue weighted by atomic mass is 16.6. The van der Waals surface area contributed by atoms with Crippen molar-refractivity contribution in [2.45, 2.75) is 51.4 Å². The monoisotopic (exact) mass is 417 g/mol. The van der Waals surface area contributed by atoms with Crippen LogP contribution in [0.1, 0.15) is 44.2 Å². The van der Waals surface area contributed by atoms with E-state index < -0.39 is 5.60 Å². The molecule has 7 nitrogen and oxygen atoms in total. The summed E-state index contributed by atoms with van der Waals surface area (Å²) in [6.07, 6.45) is 3.68. The first-order valence-electron chi connectivity index (χ1n) is 10.1. The number of ether oxygens (including phenoxy) is 4. The summed E-state index contributed by atoms with van der Waals surface area (Å²) in [5.74, 6) is 1.55. The highest BCUT2D eigenvalue weighted by Gasteiger charge is 2.35. The van der Waals surface area contributed by atoms with E-state index in [0.717, 1.165) is 17.5 Å². The number of amides is 1. The largest absolute Gasteiger partial charge is 0.497 e. The fourth-order valence-corrected chi connectivity index (χ4v) is 3.60. The zero-order valence-corrected chi connectivity index (χ0v) is 18.3. The molecule has 7 heteroatoms. The van der Waals surface area contributed by atoms with Crippen LogP contribution in [0.5, 0.6) is 11.5 Å². The van der Waals surface area contributed by atoms with Gasteiger partial charge in [0.1, 0.15) is 17.1 Å². The Morgan fingerprint density at radius 3 is 2.43 bits per heavy atom. The van der Waals surface area contributed by atoms with Crippen LogP contribution in [0.25, 0.3) is 0 Å². The molecular weight excluding hydrogens is 386 g/mol. The zero-order valence-electron chi connectivity index (χ0n) is 18.3. The lowest BCUT2D eigenvalue weighted by Crippen LogP contribution is -2.48. The number of hydrogen-bond acceptors (Lipinski definition) is 6. The highest BCUT2D eigenvalue weighted by Crippen LogP contribution is 2.32. The Bertz CT molecular complexity index is 804. The van der Waals surface area contributed by atoms with Gasteiger partial charge in [0.05, 0.1) is 46.0 Å². The first-order chi connectivity index (χ1) is 14.3. The summed E-state index contributed by atoms with van der Waals surface area (Å²) < 4.78 is 27.8. The van der Waals surface area contributed by atoms with Crippen LogP contribution in [0.3, 0.4) is 0 Å². The van der Waals surface area contributed by atoms with E-state index in [1.807, 2.05) is 45.0 Å². The molecule has 164 valence electrons. The molecular formula is C23H31NO6. The van der Waals surface area contributed by atoms with Gasteiger partial charge in [-0.05, 0) is 56.5 Å². The van der Waals surface area contributed by atoms with E-state index >= 15 is 0 Å². The van der Waals surface area contributed by atoms with Crippen molar-refractivity contribution in [2.75, 3.05) is 27.3 Å². The lowest BCUT2D eigenvalue weighted by Gasteiger charge is -2.38. The second kappa shape index (κ2) is 9.43. The van der Waals surface area contributed by atoms with Gasteiger partial charge in [0.15, 0.2) is 0 Å². The lowest BCUT2D eigenvalue weighted by atomic mass is 9.88. The number of piperidine rings is 1. The third kappa shape index (κ3) is 5.69. The van der Waals surface area contributed by atoms with Gasteiger partial charge < -0.3 is 28.3 Å². The predicted octanol–water partition coefficient (Wildman–Crippen LogP) is 4.61. The fraction of sp³-hybridized carbons (Fsp3) is 0.522. The first-order valence-corrected chi connectivity index (χ1v) is 10.1. The second-order valence-electron chi connectivity index (χ2n) is 8.45. The van der Waals surface area contributed by atoms with Crippen molar-refractivity contribution in [2.24, 2.45) is 0 Å². The van der Waals surface area contributed by atoms with Crippen LogP contribution in [0.2, 0.25) is 0 Å². The zero-order chi connectivity index (χ0) is 21.7. The summed E-state index contributed by atoms with van der Waals surface area (Å²) in [6, 6.07) is 7.62. The van der Waals surface area contributed by atoms with Crippen molar-refractivity contribution in [3.8, 4) is 11.5 Å². The van der Waals surface area contributed by atoms with Crippen LogP contribution < -0.4 is 9.47 Å². The smallest absolute Gasteiger partial charge is 0.410 e. The van der Waals surface area contributed by atoms with E-state index in [-0.39, 0.29) is 18.1 Å². The van der Waals surface area contributed by atoms with Gasteiger partial charge in [-0.3, -0.25) is 0 Å². The molecule has 0 spiro atoms. The molecule has 2 atom stereocenters. The van der Waals surface area contributed by atoms with Crippen LogP contribution in [0, 0.1) is 0 Å². The lowest BCUT2D eigenvalue weighted by molar-refractivity contribution is -0.0360. The van der Waals surface area contributed by atoms with E-state index in [0.29, 0.717) is 31.2 Å². The van der Waals surface area contributed by atoms with Crippen LogP contribution in [0.15, 0.2) is 41.2 Å². The van der Waals surface area contributed by atoms with E-state index in [9.17, 15) is 4.79 Å². The number of likely N-dealkylation sites (tertiary alicyclic amines) is 1. The van der Waals surface area contributed by atoms with Crippen molar-refractivity contribution in [3.63, 3.8) is 0 Å². The van der Waals surface area contributed by atoms with E-state index in [2.05, 4.69) is 0 Å². The molecule has 2 aromatic rings. The molecule has 2 heterocycles. The molecule has 0 N–H and O–H groups in total. The SMILES string of the molecule is COc1cc(CO[C@H]2CN(C(=O)OC(C)(C)C)CC[C@@H]2c2ccoc2)cc(OC)c1. The van der Waals surface area contributed by atoms with E-state index in [1.165, 1.54) is 0 Å². The maximum Gasteiger partial charge on any atom is 0.410 e. The van der Waals surface area contributed by atoms with Gasteiger partial charge >= 0.3 is 6.09 Å². The topological polar surface area (TPSA) is 70.4 Å². The molecule has 0 bridgehead atoms. The Hall–Kier alpha value is -2.67. The quantitative estimate of drug-likeness (QED) is 0.684. The van der Waals surface area contributed by atoms with Crippen LogP contribution in [-0.4, -0.2) is 50.0 Å². The van der Waals surface area contributed by atoms with Crippen LogP contribution in [0.4, 0.5) is 4.79 Å². The van der Waals surface area contributed by atoms with Crippen LogP contribution >= 0.6 is 0 Å². The third-order valence-corrected chi connectivity index (χ3v) is 5.06. The van der Waals surface area contributed by atoms with Gasteiger partial charge in [-0.2, -0.15) is 0 Å². The number of carbonyl (C=O) groups is 1. The van der Waals surface area contributed by atoms with Crippen molar-refractivity contribution >= 4 is 6.09 Å². The van der Waals surface area contributed by atoms with Gasteiger partial charge in [0, 0.05) is 18.5 Å². The Morgan fingerprint density at radius 2 is 1.87 bits per heavy atom. The first kappa shape index (κ1) is 22.0. The Kier molecular flexibility index (Phi) is 6.92. The molecule has 1 saturated heterocycles. The van der Waals surface area contributed by atoms with Gasteiger partial charge in [-0.15, -0.1) is 0 Å². The van der Waals surface area contributed by atoms with Gasteiger partial charge in [0.25, 0.3) is 0 Å². The molecule has 0 saturated carbocycles. The molecule has 1 amide bonds. The third-order valence-electron chi connectivity index (χ3n) is 5.06. The predicted molar refractivity (Wildman–Crippen MR) is 112 cm³/mol. The molecule has 1 aliphatic heterocycles. The molecule has 1 fully saturated rings. The molecule has 0 unspecified atom stereocenters. The fourth-order valence-electron chi connectivity index (χ4n) is 3.60. The normalized spacial score (nSPS) is 19.4. The summed E-state index contributed by atoms with van der Waals surface area (Å²) in [7, 11) is 3.24. The molecule has 1 aliphatic rings. The number of furan rings is 1.